The highest BCUT2D eigenvalue weighted by atomic mass is 79.9. The SMILES string of the molecule is CC1(C)c2ccccc2-c2ccc(-n3c4ccccc4c4cc(B(O)O)ccc43)cc21.CC1(C)c2ccccc2-c2ccc(-n3c4ccccc4c4cc(Br)ccc43)cc21. The van der Waals surface area contributed by atoms with Gasteiger partial charge in [-0.15, -0.1) is 0 Å². The summed E-state index contributed by atoms with van der Waals surface area (Å²) in [4.78, 5) is 0. The van der Waals surface area contributed by atoms with Crippen molar-refractivity contribution >= 4 is 72.1 Å². The second-order valence-corrected chi connectivity index (χ2v) is 18.2. The Morgan fingerprint density at radius 2 is 0.817 bits per heavy atom. The molecule has 0 saturated heterocycles. The molecule has 0 aliphatic heterocycles. The van der Waals surface area contributed by atoms with Crippen LogP contribution in [-0.2, 0) is 10.8 Å². The van der Waals surface area contributed by atoms with Crippen LogP contribution in [0.15, 0.2) is 174 Å². The van der Waals surface area contributed by atoms with Crippen molar-refractivity contribution in [1.29, 1.82) is 0 Å². The number of aromatic nitrogens is 2. The van der Waals surface area contributed by atoms with Crippen molar-refractivity contribution in [2.24, 2.45) is 0 Å². The highest BCUT2D eigenvalue weighted by Gasteiger charge is 2.37. The smallest absolute Gasteiger partial charge is 0.423 e. The van der Waals surface area contributed by atoms with Crippen LogP contribution >= 0.6 is 15.9 Å². The summed E-state index contributed by atoms with van der Waals surface area (Å²) in [7, 11) is -1.48. The zero-order valence-corrected chi connectivity index (χ0v) is 35.5. The van der Waals surface area contributed by atoms with Gasteiger partial charge in [-0.1, -0.05) is 153 Å². The van der Waals surface area contributed by atoms with Crippen molar-refractivity contribution < 1.29 is 10.0 Å². The van der Waals surface area contributed by atoms with E-state index in [1.165, 1.54) is 72.0 Å². The lowest BCUT2D eigenvalue weighted by Crippen LogP contribution is -2.29. The van der Waals surface area contributed by atoms with Gasteiger partial charge in [0.25, 0.3) is 0 Å². The van der Waals surface area contributed by atoms with Crippen LogP contribution in [-0.4, -0.2) is 26.3 Å². The van der Waals surface area contributed by atoms with Crippen molar-refractivity contribution in [2.75, 3.05) is 0 Å². The quantitative estimate of drug-likeness (QED) is 0.174. The first-order chi connectivity index (χ1) is 29.0. The van der Waals surface area contributed by atoms with Gasteiger partial charge in [0.1, 0.15) is 0 Å². The molecule has 10 aromatic rings. The minimum atomic E-state index is -1.48. The number of hydrogen-bond acceptors (Lipinski definition) is 2. The lowest BCUT2D eigenvalue weighted by atomic mass is 9.80. The van der Waals surface area contributed by atoms with E-state index < -0.39 is 7.12 Å². The molecule has 0 fully saturated rings. The number of hydrogen-bond donors (Lipinski definition) is 2. The van der Waals surface area contributed by atoms with Crippen molar-refractivity contribution in [3.8, 4) is 33.6 Å². The Bertz CT molecular complexity index is 3390. The second-order valence-electron chi connectivity index (χ2n) is 17.3. The first-order valence-electron chi connectivity index (χ1n) is 20.6. The molecule has 0 bridgehead atoms. The standard InChI is InChI=1S/C27H22BNO2.C27H20BrN/c1-27(2)23-9-5-3-7-19(23)20-13-12-18(16-24(20)27)29-25-10-6-4-8-21(25)22-15-17(28(30)31)11-14-26(22)29;1-27(2)23-9-5-3-7-19(23)20-13-12-18(16-24(20)27)29-25-10-6-4-8-21(25)22-15-17(28)11-14-26(22)29/h3-16,30-31H,1-2H3;3-16H,1-2H3. The van der Waals surface area contributed by atoms with Crippen LogP contribution in [0.5, 0.6) is 0 Å². The Kier molecular flexibility index (Phi) is 8.25. The average Bonchev–Trinajstić information content (AvgIpc) is 3.92. The largest absolute Gasteiger partial charge is 0.488 e. The van der Waals surface area contributed by atoms with Gasteiger partial charge in [-0.05, 0) is 111 Å². The molecule has 0 spiro atoms. The van der Waals surface area contributed by atoms with Crippen LogP contribution < -0.4 is 5.46 Å². The van der Waals surface area contributed by atoms with E-state index in [9.17, 15) is 10.0 Å². The van der Waals surface area contributed by atoms with Gasteiger partial charge in [-0.2, -0.15) is 0 Å². The minimum absolute atomic E-state index is 0.00370. The second kappa shape index (κ2) is 13.4. The van der Waals surface area contributed by atoms with E-state index in [0.29, 0.717) is 5.46 Å². The van der Waals surface area contributed by atoms with Crippen molar-refractivity contribution in [3.63, 3.8) is 0 Å². The molecule has 0 unspecified atom stereocenters. The molecule has 8 aromatic carbocycles. The Balaban J connectivity index is 0.000000136. The molecule has 2 aliphatic carbocycles. The number of para-hydroxylation sites is 2. The van der Waals surface area contributed by atoms with Gasteiger partial charge in [0.15, 0.2) is 0 Å². The molecule has 12 rings (SSSR count). The highest BCUT2D eigenvalue weighted by Crippen LogP contribution is 2.51. The van der Waals surface area contributed by atoms with Crippen molar-refractivity contribution in [3.05, 3.63) is 197 Å². The predicted octanol–water partition coefficient (Wildman–Crippen LogP) is 12.6. The van der Waals surface area contributed by atoms with E-state index in [1.54, 1.807) is 6.07 Å². The Labute approximate surface area is 358 Å². The average molecular weight is 842 g/mol. The summed E-state index contributed by atoms with van der Waals surface area (Å²) in [6.45, 7) is 9.26. The van der Waals surface area contributed by atoms with Crippen LogP contribution in [0.25, 0.3) is 77.2 Å². The summed E-state index contributed by atoms with van der Waals surface area (Å²) in [5.74, 6) is 0. The first-order valence-corrected chi connectivity index (χ1v) is 21.4. The molecular formula is C54H42BBrN2O2. The molecule has 0 radical (unpaired) electrons. The number of halogens is 1. The predicted molar refractivity (Wildman–Crippen MR) is 254 cm³/mol. The van der Waals surface area contributed by atoms with Crippen molar-refractivity contribution in [2.45, 2.75) is 38.5 Å². The third kappa shape index (κ3) is 5.37. The third-order valence-electron chi connectivity index (χ3n) is 13.3. The minimum Gasteiger partial charge on any atom is -0.423 e. The van der Waals surface area contributed by atoms with E-state index in [1.807, 2.05) is 24.3 Å². The van der Waals surface area contributed by atoms with Gasteiger partial charge in [0, 0.05) is 48.2 Å². The molecule has 2 aliphatic rings. The summed E-state index contributed by atoms with van der Waals surface area (Å²) in [6.07, 6.45) is 0. The normalized spacial score (nSPS) is 14.2. The molecule has 2 heterocycles. The lowest BCUT2D eigenvalue weighted by molar-refractivity contribution is 0.426. The summed E-state index contributed by atoms with van der Waals surface area (Å²) in [5.41, 5.74) is 18.3. The lowest BCUT2D eigenvalue weighted by Gasteiger charge is -2.22. The Hall–Kier alpha value is -6.18. The topological polar surface area (TPSA) is 50.3 Å². The summed E-state index contributed by atoms with van der Waals surface area (Å²) < 4.78 is 5.78. The number of rotatable bonds is 3. The van der Waals surface area contributed by atoms with E-state index in [0.717, 1.165) is 32.0 Å². The number of fused-ring (bicyclic) bond motifs is 12. The van der Waals surface area contributed by atoms with Gasteiger partial charge < -0.3 is 19.2 Å². The molecule has 60 heavy (non-hydrogen) atoms. The molecule has 6 heteroatoms. The molecule has 290 valence electrons. The molecule has 0 amide bonds. The maximum atomic E-state index is 9.68. The van der Waals surface area contributed by atoms with Crippen LogP contribution in [0.2, 0.25) is 0 Å². The van der Waals surface area contributed by atoms with Crippen LogP contribution in [0.4, 0.5) is 0 Å². The van der Waals surface area contributed by atoms with Gasteiger partial charge >= 0.3 is 7.12 Å². The number of benzene rings is 8. The summed E-state index contributed by atoms with van der Waals surface area (Å²) in [5, 5.41) is 24.0. The summed E-state index contributed by atoms with van der Waals surface area (Å²) >= 11 is 3.65. The molecule has 0 saturated carbocycles. The maximum absolute atomic E-state index is 9.68. The third-order valence-corrected chi connectivity index (χ3v) is 13.8. The molecule has 4 nitrogen and oxygen atoms in total. The Morgan fingerprint density at radius 3 is 1.33 bits per heavy atom. The van der Waals surface area contributed by atoms with Gasteiger partial charge in [-0.25, -0.2) is 0 Å². The van der Waals surface area contributed by atoms with E-state index in [-0.39, 0.29) is 10.8 Å². The van der Waals surface area contributed by atoms with Crippen LogP contribution in [0, 0.1) is 0 Å². The fourth-order valence-corrected chi connectivity index (χ4v) is 10.7. The summed E-state index contributed by atoms with van der Waals surface area (Å²) in [6, 6.07) is 60.4. The first kappa shape index (κ1) is 36.9. The van der Waals surface area contributed by atoms with E-state index >= 15 is 0 Å². The maximum Gasteiger partial charge on any atom is 0.488 e. The fraction of sp³-hybridized carbons (Fsp3) is 0.111. The zero-order valence-electron chi connectivity index (χ0n) is 33.9. The monoisotopic (exact) mass is 840 g/mol. The fourth-order valence-electron chi connectivity index (χ4n) is 10.3. The molecule has 2 aromatic heterocycles. The van der Waals surface area contributed by atoms with Gasteiger partial charge in [-0.3, -0.25) is 0 Å². The van der Waals surface area contributed by atoms with Crippen molar-refractivity contribution in [1.82, 2.24) is 9.13 Å². The van der Waals surface area contributed by atoms with Gasteiger partial charge in [0.2, 0.25) is 0 Å². The Morgan fingerprint density at radius 1 is 0.400 bits per heavy atom. The highest BCUT2D eigenvalue weighted by molar-refractivity contribution is 9.10. The van der Waals surface area contributed by atoms with Crippen LogP contribution in [0.1, 0.15) is 49.9 Å². The molecule has 0 atom stereocenters. The molecule has 2 N–H and O–H groups in total. The number of nitrogens with zero attached hydrogens (tertiary/aromatic N) is 2. The van der Waals surface area contributed by atoms with Gasteiger partial charge in [0.05, 0.1) is 22.1 Å². The van der Waals surface area contributed by atoms with Crippen LogP contribution in [0.3, 0.4) is 0 Å². The zero-order chi connectivity index (χ0) is 41.1. The van der Waals surface area contributed by atoms with E-state index in [2.05, 4.69) is 192 Å². The van der Waals surface area contributed by atoms with E-state index in [4.69, 9.17) is 0 Å². The molecular weight excluding hydrogens is 799 g/mol.